The van der Waals surface area contributed by atoms with E-state index in [1.54, 1.807) is 0 Å². The number of aryl methyl sites for hydroxylation is 2. The Balaban J connectivity index is 1.89. The molecule has 0 aliphatic carbocycles. The third-order valence-corrected chi connectivity index (χ3v) is 3.73. The summed E-state index contributed by atoms with van der Waals surface area (Å²) in [6, 6.07) is 9.12. The summed E-state index contributed by atoms with van der Waals surface area (Å²) in [5.41, 5.74) is 2.45. The maximum Gasteiger partial charge on any atom is 0.239 e. The number of rotatable bonds is 6. The topological polar surface area (TPSA) is 61.4 Å². The second kappa shape index (κ2) is 7.88. The Morgan fingerprint density at radius 3 is 2.21 bits per heavy atom. The normalized spacial score (nSPS) is 11.9. The lowest BCUT2D eigenvalue weighted by Gasteiger charge is -2.15. The van der Waals surface area contributed by atoms with E-state index >= 15 is 0 Å². The van der Waals surface area contributed by atoms with Crippen LogP contribution in [0.25, 0.3) is 0 Å². The molecular formula is C18H20F2N2O2. The summed E-state index contributed by atoms with van der Waals surface area (Å²) in [6.45, 7) is 3.58. The van der Waals surface area contributed by atoms with Crippen LogP contribution >= 0.6 is 0 Å². The van der Waals surface area contributed by atoms with E-state index in [-0.39, 0.29) is 19.0 Å². The Morgan fingerprint density at radius 2 is 1.62 bits per heavy atom. The fraction of sp³-hybridized carbons (Fsp3) is 0.278. The minimum Gasteiger partial charge on any atom is -0.386 e. The van der Waals surface area contributed by atoms with Crippen molar-refractivity contribution in [3.05, 3.63) is 64.7 Å². The van der Waals surface area contributed by atoms with Crippen molar-refractivity contribution >= 4 is 11.6 Å². The van der Waals surface area contributed by atoms with Crippen LogP contribution in [0.1, 0.15) is 22.8 Å². The first-order chi connectivity index (χ1) is 11.4. The third kappa shape index (κ3) is 4.29. The van der Waals surface area contributed by atoms with Gasteiger partial charge in [-0.3, -0.25) is 4.79 Å². The van der Waals surface area contributed by atoms with Crippen molar-refractivity contribution in [2.75, 3.05) is 18.4 Å². The van der Waals surface area contributed by atoms with E-state index < -0.39 is 23.3 Å². The molecule has 0 saturated carbocycles. The number of hydrogen-bond donors (Lipinski definition) is 3. The number of nitrogens with one attached hydrogen (secondary N) is 2. The summed E-state index contributed by atoms with van der Waals surface area (Å²) in [6.07, 6.45) is -1.45. The predicted molar refractivity (Wildman–Crippen MR) is 88.7 cm³/mol. The number of anilines is 1. The summed E-state index contributed by atoms with van der Waals surface area (Å²) in [4.78, 5) is 11.9. The minimum atomic E-state index is -1.45. The van der Waals surface area contributed by atoms with E-state index in [1.807, 2.05) is 32.0 Å². The van der Waals surface area contributed by atoms with Gasteiger partial charge in [0.2, 0.25) is 5.91 Å². The van der Waals surface area contributed by atoms with Crippen molar-refractivity contribution in [2.24, 2.45) is 0 Å². The standard InChI is InChI=1S/C18H20F2N2O2/c1-11-5-3-6-12(2)18(11)22-10-16(24)21-9-15(23)17-13(19)7-4-8-14(17)20/h3-8,15,22-23H,9-10H2,1-2H3,(H,21,24). The van der Waals surface area contributed by atoms with Gasteiger partial charge >= 0.3 is 0 Å². The van der Waals surface area contributed by atoms with Crippen LogP contribution < -0.4 is 10.6 Å². The number of aliphatic hydroxyl groups is 1. The van der Waals surface area contributed by atoms with Gasteiger partial charge in [0.1, 0.15) is 17.7 Å². The number of carbonyl (C=O) groups is 1. The Hall–Kier alpha value is -2.47. The average molecular weight is 334 g/mol. The van der Waals surface area contributed by atoms with Gasteiger partial charge in [-0.2, -0.15) is 0 Å². The predicted octanol–water partition coefficient (Wildman–Crippen LogP) is 2.84. The van der Waals surface area contributed by atoms with Crippen LogP contribution in [0.3, 0.4) is 0 Å². The van der Waals surface area contributed by atoms with E-state index in [0.29, 0.717) is 0 Å². The van der Waals surface area contributed by atoms with E-state index in [2.05, 4.69) is 10.6 Å². The first-order valence-electron chi connectivity index (χ1n) is 7.59. The molecule has 24 heavy (non-hydrogen) atoms. The summed E-state index contributed by atoms with van der Waals surface area (Å²) < 4.78 is 27.1. The molecule has 2 aromatic carbocycles. The van der Waals surface area contributed by atoms with E-state index in [0.717, 1.165) is 28.9 Å². The van der Waals surface area contributed by atoms with Gasteiger partial charge in [-0.25, -0.2) is 8.78 Å². The summed E-state index contributed by atoms with van der Waals surface area (Å²) >= 11 is 0. The molecule has 4 nitrogen and oxygen atoms in total. The highest BCUT2D eigenvalue weighted by Gasteiger charge is 2.18. The quantitative estimate of drug-likeness (QED) is 0.761. The number of hydrogen-bond acceptors (Lipinski definition) is 3. The summed E-state index contributed by atoms with van der Waals surface area (Å²) in [5, 5.41) is 15.4. The minimum absolute atomic E-state index is 0.00182. The zero-order chi connectivity index (χ0) is 17.7. The van der Waals surface area contributed by atoms with Crippen LogP contribution in [0.15, 0.2) is 36.4 Å². The molecule has 2 rings (SSSR count). The van der Waals surface area contributed by atoms with Gasteiger partial charge in [-0.15, -0.1) is 0 Å². The maximum absolute atomic E-state index is 13.6. The molecule has 0 fully saturated rings. The molecule has 0 heterocycles. The van der Waals surface area contributed by atoms with Gasteiger partial charge in [0.25, 0.3) is 0 Å². The molecule has 1 atom stereocenters. The van der Waals surface area contributed by atoms with Crippen LogP contribution in [0.4, 0.5) is 14.5 Å². The first-order valence-corrected chi connectivity index (χ1v) is 7.59. The maximum atomic E-state index is 13.6. The molecule has 2 aromatic rings. The summed E-state index contributed by atoms with van der Waals surface area (Å²) in [5.74, 6) is -2.07. The fourth-order valence-electron chi connectivity index (χ4n) is 2.47. The van der Waals surface area contributed by atoms with Gasteiger partial charge in [-0.1, -0.05) is 24.3 Å². The molecule has 1 amide bonds. The molecule has 0 saturated heterocycles. The smallest absolute Gasteiger partial charge is 0.239 e. The lowest BCUT2D eigenvalue weighted by atomic mass is 10.1. The Bertz CT molecular complexity index is 694. The van der Waals surface area contributed by atoms with Crippen molar-refractivity contribution in [3.8, 4) is 0 Å². The molecule has 0 aromatic heterocycles. The molecule has 1 unspecified atom stereocenters. The molecule has 0 radical (unpaired) electrons. The third-order valence-electron chi connectivity index (χ3n) is 3.73. The van der Waals surface area contributed by atoms with Crippen molar-refractivity contribution in [1.29, 1.82) is 0 Å². The van der Waals surface area contributed by atoms with Crippen LogP contribution in [0, 0.1) is 25.5 Å². The van der Waals surface area contributed by atoms with Crippen LogP contribution in [0.2, 0.25) is 0 Å². The number of aliphatic hydroxyl groups excluding tert-OH is 1. The molecular weight excluding hydrogens is 314 g/mol. The molecule has 128 valence electrons. The van der Waals surface area contributed by atoms with Crippen LogP contribution in [0.5, 0.6) is 0 Å². The SMILES string of the molecule is Cc1cccc(C)c1NCC(=O)NCC(O)c1c(F)cccc1F. The molecule has 6 heteroatoms. The largest absolute Gasteiger partial charge is 0.386 e. The highest BCUT2D eigenvalue weighted by atomic mass is 19.1. The number of para-hydroxylation sites is 1. The van der Waals surface area contributed by atoms with Gasteiger partial charge < -0.3 is 15.7 Å². The second-order valence-electron chi connectivity index (χ2n) is 5.58. The van der Waals surface area contributed by atoms with Crippen LogP contribution in [-0.2, 0) is 4.79 Å². The zero-order valence-corrected chi connectivity index (χ0v) is 13.6. The van der Waals surface area contributed by atoms with Crippen molar-refractivity contribution < 1.29 is 18.7 Å². The van der Waals surface area contributed by atoms with E-state index in [1.165, 1.54) is 6.07 Å². The lowest BCUT2D eigenvalue weighted by Crippen LogP contribution is -2.33. The molecule has 0 bridgehead atoms. The first kappa shape index (κ1) is 17.9. The molecule has 0 aliphatic rings. The van der Waals surface area contributed by atoms with Gasteiger partial charge in [0.15, 0.2) is 0 Å². The number of amides is 1. The monoisotopic (exact) mass is 334 g/mol. The lowest BCUT2D eigenvalue weighted by molar-refractivity contribution is -0.119. The number of halogens is 2. The number of carbonyl (C=O) groups excluding carboxylic acids is 1. The van der Waals surface area contributed by atoms with Gasteiger partial charge in [0.05, 0.1) is 12.1 Å². The fourth-order valence-corrected chi connectivity index (χ4v) is 2.47. The molecule has 0 aliphatic heterocycles. The van der Waals surface area contributed by atoms with E-state index in [9.17, 15) is 18.7 Å². The second-order valence-corrected chi connectivity index (χ2v) is 5.58. The average Bonchev–Trinajstić information content (AvgIpc) is 2.52. The van der Waals surface area contributed by atoms with Gasteiger partial charge in [0, 0.05) is 12.2 Å². The highest BCUT2D eigenvalue weighted by molar-refractivity contribution is 5.81. The van der Waals surface area contributed by atoms with Crippen molar-refractivity contribution in [2.45, 2.75) is 20.0 Å². The number of benzene rings is 2. The van der Waals surface area contributed by atoms with Crippen molar-refractivity contribution in [3.63, 3.8) is 0 Å². The van der Waals surface area contributed by atoms with Crippen molar-refractivity contribution in [1.82, 2.24) is 5.32 Å². The van der Waals surface area contributed by atoms with Crippen LogP contribution in [-0.4, -0.2) is 24.1 Å². The Morgan fingerprint density at radius 1 is 1.08 bits per heavy atom. The Labute approximate surface area is 139 Å². The van der Waals surface area contributed by atoms with Gasteiger partial charge in [-0.05, 0) is 37.1 Å². The molecule has 3 N–H and O–H groups in total. The zero-order valence-electron chi connectivity index (χ0n) is 13.6. The Kier molecular flexibility index (Phi) is 5.87. The molecule has 0 spiro atoms. The van der Waals surface area contributed by atoms with E-state index in [4.69, 9.17) is 0 Å². The summed E-state index contributed by atoms with van der Waals surface area (Å²) in [7, 11) is 0. The highest BCUT2D eigenvalue weighted by Crippen LogP contribution is 2.20.